The van der Waals surface area contributed by atoms with Crippen LogP contribution in [0.25, 0.3) is 11.1 Å². The van der Waals surface area contributed by atoms with Gasteiger partial charge in [-0.15, -0.1) is 5.10 Å². The monoisotopic (exact) mass is 283 g/mol. The molecule has 0 unspecified atom stereocenters. The van der Waals surface area contributed by atoms with Gasteiger partial charge in [0.15, 0.2) is 11.4 Å². The fraction of sp³-hybridized carbons (Fsp3) is 0.182. The smallest absolute Gasteiger partial charge is 0.416 e. The van der Waals surface area contributed by atoms with Gasteiger partial charge in [0.2, 0.25) is 0 Å². The molecule has 3 rings (SSSR count). The number of anilines is 2. The van der Waals surface area contributed by atoms with Crippen molar-refractivity contribution in [3.8, 4) is 0 Å². The predicted octanol–water partition coefficient (Wildman–Crippen LogP) is 2.72. The van der Waals surface area contributed by atoms with E-state index in [1.165, 1.54) is 10.7 Å². The van der Waals surface area contributed by atoms with Gasteiger partial charge in [-0.05, 0) is 18.2 Å². The van der Waals surface area contributed by atoms with Crippen molar-refractivity contribution in [1.82, 2.24) is 20.0 Å². The number of benzene rings is 1. The summed E-state index contributed by atoms with van der Waals surface area (Å²) in [4.78, 5) is 3.94. The molecule has 0 atom stereocenters. The highest BCUT2D eigenvalue weighted by molar-refractivity contribution is 5.76. The molecule has 0 saturated carbocycles. The van der Waals surface area contributed by atoms with Crippen LogP contribution in [0.3, 0.4) is 0 Å². The maximum atomic E-state index is 12.6. The van der Waals surface area contributed by atoms with Crippen LogP contribution in [0.1, 0.15) is 5.56 Å². The summed E-state index contributed by atoms with van der Waals surface area (Å²) in [5, 5.41) is 10.2. The second kappa shape index (κ2) is 4.22. The van der Waals surface area contributed by atoms with E-state index >= 15 is 0 Å². The number of nitrogens with one attached hydrogen (secondary N) is 1. The molecule has 9 heteroatoms. The zero-order valence-corrected chi connectivity index (χ0v) is 10.1. The Morgan fingerprint density at radius 1 is 1.30 bits per heavy atom. The Morgan fingerprint density at radius 2 is 2.10 bits per heavy atom. The lowest BCUT2D eigenvalue weighted by Gasteiger charge is -2.04. The first kappa shape index (κ1) is 12.5. The molecule has 20 heavy (non-hydrogen) atoms. The first-order chi connectivity index (χ1) is 9.41. The quantitative estimate of drug-likeness (QED) is 0.783. The van der Waals surface area contributed by atoms with Crippen LogP contribution in [0.5, 0.6) is 0 Å². The van der Waals surface area contributed by atoms with Gasteiger partial charge in [0.1, 0.15) is 5.52 Å². The van der Waals surface area contributed by atoms with E-state index in [2.05, 4.69) is 20.6 Å². The zero-order chi connectivity index (χ0) is 14.3. The van der Waals surface area contributed by atoms with E-state index in [1.54, 1.807) is 13.2 Å². The van der Waals surface area contributed by atoms with Gasteiger partial charge in [0, 0.05) is 7.05 Å². The number of halogens is 3. The maximum Gasteiger partial charge on any atom is 0.416 e. The van der Waals surface area contributed by atoms with Crippen LogP contribution in [-0.4, -0.2) is 20.0 Å². The summed E-state index contributed by atoms with van der Waals surface area (Å²) in [6.45, 7) is 0. The van der Waals surface area contributed by atoms with Crippen molar-refractivity contribution < 1.29 is 17.6 Å². The first-order valence-corrected chi connectivity index (χ1v) is 5.53. The van der Waals surface area contributed by atoms with Gasteiger partial charge in [-0.2, -0.15) is 18.2 Å². The molecule has 0 fully saturated rings. The first-order valence-electron chi connectivity index (χ1n) is 5.53. The number of hydrogen-bond acceptors (Lipinski definition) is 5. The van der Waals surface area contributed by atoms with E-state index in [0.717, 1.165) is 12.1 Å². The number of nitrogens with zero attached hydrogens (tertiary/aromatic N) is 4. The number of aryl methyl sites for hydroxylation is 1. The van der Waals surface area contributed by atoms with Crippen LogP contribution in [0.2, 0.25) is 0 Å². The molecule has 0 aliphatic heterocycles. The van der Waals surface area contributed by atoms with Crippen molar-refractivity contribution in [1.29, 1.82) is 0 Å². The molecule has 0 radical (unpaired) electrons. The molecule has 1 aromatic carbocycles. The molecule has 1 N–H and O–H groups in total. The third-order valence-electron chi connectivity index (χ3n) is 2.55. The lowest BCUT2D eigenvalue weighted by Crippen LogP contribution is -2.03. The highest BCUT2D eigenvalue weighted by Gasteiger charge is 2.31. The second-order valence-electron chi connectivity index (χ2n) is 4.10. The molecule has 0 bridgehead atoms. The molecule has 2 heterocycles. The molecular formula is C11H8F3N5O. The SMILES string of the molecule is Cn1cc(Nc2nc3cc(C(F)(F)F)ccc3o2)nn1. The van der Waals surface area contributed by atoms with Crippen molar-refractivity contribution in [2.24, 2.45) is 7.05 Å². The topological polar surface area (TPSA) is 68.8 Å². The number of alkyl halides is 3. The Kier molecular flexibility index (Phi) is 2.63. The summed E-state index contributed by atoms with van der Waals surface area (Å²) >= 11 is 0. The molecule has 0 aliphatic rings. The molecule has 104 valence electrons. The highest BCUT2D eigenvalue weighted by atomic mass is 19.4. The van der Waals surface area contributed by atoms with Crippen LogP contribution in [-0.2, 0) is 13.2 Å². The third-order valence-corrected chi connectivity index (χ3v) is 2.55. The molecule has 6 nitrogen and oxygen atoms in total. The molecule has 0 saturated heterocycles. The number of rotatable bonds is 2. The number of oxazole rings is 1. The van der Waals surface area contributed by atoms with Gasteiger partial charge in [-0.1, -0.05) is 5.21 Å². The minimum Gasteiger partial charge on any atom is -0.423 e. The third kappa shape index (κ3) is 2.29. The summed E-state index contributed by atoms with van der Waals surface area (Å²) < 4.78 is 44.5. The summed E-state index contributed by atoms with van der Waals surface area (Å²) in [7, 11) is 1.68. The molecule has 2 aromatic heterocycles. The van der Waals surface area contributed by atoms with E-state index in [4.69, 9.17) is 4.42 Å². The van der Waals surface area contributed by atoms with Crippen LogP contribution in [0.4, 0.5) is 25.0 Å². The number of hydrogen-bond donors (Lipinski definition) is 1. The van der Waals surface area contributed by atoms with Crippen molar-refractivity contribution in [3.05, 3.63) is 30.0 Å². The summed E-state index contributed by atoms with van der Waals surface area (Å²) in [5.74, 6) is 0.384. The Bertz CT molecular complexity index is 761. The molecule has 0 spiro atoms. The van der Waals surface area contributed by atoms with Crippen molar-refractivity contribution >= 4 is 22.9 Å². The summed E-state index contributed by atoms with van der Waals surface area (Å²) in [6.07, 6.45) is -2.83. The van der Waals surface area contributed by atoms with Crippen LogP contribution in [0, 0.1) is 0 Å². The highest BCUT2D eigenvalue weighted by Crippen LogP contribution is 2.32. The number of aromatic nitrogens is 4. The Labute approximate surface area is 110 Å². The largest absolute Gasteiger partial charge is 0.423 e. The Balaban J connectivity index is 1.94. The van der Waals surface area contributed by atoms with Crippen molar-refractivity contribution in [2.45, 2.75) is 6.18 Å². The average molecular weight is 283 g/mol. The van der Waals surface area contributed by atoms with Gasteiger partial charge < -0.3 is 4.42 Å². The van der Waals surface area contributed by atoms with Crippen LogP contribution < -0.4 is 5.32 Å². The van der Waals surface area contributed by atoms with Gasteiger partial charge >= 0.3 is 12.2 Å². The second-order valence-corrected chi connectivity index (χ2v) is 4.10. The minimum absolute atomic E-state index is 0.0554. The predicted molar refractivity (Wildman–Crippen MR) is 63.3 cm³/mol. The van der Waals surface area contributed by atoms with E-state index in [0.29, 0.717) is 5.82 Å². The lowest BCUT2D eigenvalue weighted by atomic mass is 10.2. The van der Waals surface area contributed by atoms with Gasteiger partial charge in [-0.3, -0.25) is 10.00 Å². The van der Waals surface area contributed by atoms with E-state index in [9.17, 15) is 13.2 Å². The summed E-state index contributed by atoms with van der Waals surface area (Å²) in [6, 6.07) is 3.16. The Hall–Kier alpha value is -2.58. The standard InChI is InChI=1S/C11H8F3N5O/c1-19-5-9(17-18-19)16-10-15-7-4-6(11(12,13)14)2-3-8(7)20-10/h2-5H,1H3,(H,15,16). The Morgan fingerprint density at radius 3 is 2.75 bits per heavy atom. The molecular weight excluding hydrogens is 275 g/mol. The average Bonchev–Trinajstić information content (AvgIpc) is 2.93. The number of fused-ring (bicyclic) bond motifs is 1. The normalized spacial score (nSPS) is 12.0. The van der Waals surface area contributed by atoms with E-state index in [1.807, 2.05) is 0 Å². The zero-order valence-electron chi connectivity index (χ0n) is 10.1. The lowest BCUT2D eigenvalue weighted by molar-refractivity contribution is -0.137. The van der Waals surface area contributed by atoms with Gasteiger partial charge in [0.25, 0.3) is 0 Å². The summed E-state index contributed by atoms with van der Waals surface area (Å²) in [5.41, 5.74) is -0.403. The van der Waals surface area contributed by atoms with Gasteiger partial charge in [0.05, 0.1) is 11.8 Å². The van der Waals surface area contributed by atoms with Crippen molar-refractivity contribution in [2.75, 3.05) is 5.32 Å². The van der Waals surface area contributed by atoms with Crippen LogP contribution >= 0.6 is 0 Å². The fourth-order valence-corrected chi connectivity index (χ4v) is 1.67. The fourth-order valence-electron chi connectivity index (χ4n) is 1.67. The van der Waals surface area contributed by atoms with Crippen LogP contribution in [0.15, 0.2) is 28.8 Å². The minimum atomic E-state index is -4.41. The molecule has 0 aliphatic carbocycles. The van der Waals surface area contributed by atoms with E-state index < -0.39 is 11.7 Å². The van der Waals surface area contributed by atoms with Crippen molar-refractivity contribution in [3.63, 3.8) is 0 Å². The maximum absolute atomic E-state index is 12.6. The van der Waals surface area contributed by atoms with Gasteiger partial charge in [-0.25, -0.2) is 0 Å². The van der Waals surface area contributed by atoms with E-state index in [-0.39, 0.29) is 17.1 Å². The molecule has 3 aromatic rings. The molecule has 0 amide bonds.